The second-order valence-electron chi connectivity index (χ2n) is 14.2. The maximum Gasteiger partial charge on any atom is 0.0979 e. The van der Waals surface area contributed by atoms with Crippen molar-refractivity contribution in [1.82, 2.24) is 14.5 Å². The summed E-state index contributed by atoms with van der Waals surface area (Å²) in [5, 5.41) is 7.19. The first-order chi connectivity index (χ1) is 27.3. The first-order valence-corrected chi connectivity index (χ1v) is 18.7. The summed E-state index contributed by atoms with van der Waals surface area (Å²) in [6.45, 7) is 0. The van der Waals surface area contributed by atoms with Gasteiger partial charge in [0.15, 0.2) is 0 Å². The molecular formula is C52H33N3. The van der Waals surface area contributed by atoms with E-state index < -0.39 is 0 Å². The molecule has 0 N–H and O–H groups in total. The quantitative estimate of drug-likeness (QED) is 0.167. The van der Waals surface area contributed by atoms with Gasteiger partial charge in [0.25, 0.3) is 0 Å². The van der Waals surface area contributed by atoms with Crippen LogP contribution in [0.5, 0.6) is 0 Å². The summed E-state index contributed by atoms with van der Waals surface area (Å²) in [5.74, 6) is 0. The third-order valence-corrected chi connectivity index (χ3v) is 11.0. The van der Waals surface area contributed by atoms with Crippen molar-refractivity contribution in [2.24, 2.45) is 0 Å². The van der Waals surface area contributed by atoms with E-state index in [1.165, 1.54) is 66.1 Å². The summed E-state index contributed by atoms with van der Waals surface area (Å²) < 4.78 is 2.38. The largest absolute Gasteiger partial charge is 0.309 e. The van der Waals surface area contributed by atoms with Crippen molar-refractivity contribution in [1.29, 1.82) is 0 Å². The normalized spacial score (nSPS) is 11.6. The molecule has 0 radical (unpaired) electrons. The van der Waals surface area contributed by atoms with Gasteiger partial charge in [-0.05, 0) is 74.5 Å². The van der Waals surface area contributed by atoms with Crippen LogP contribution in [0.2, 0.25) is 0 Å². The maximum atomic E-state index is 5.18. The molecule has 2 heterocycles. The summed E-state index contributed by atoms with van der Waals surface area (Å²) in [5.41, 5.74) is 14.5. The van der Waals surface area contributed by atoms with Crippen molar-refractivity contribution in [3.05, 3.63) is 200 Å². The predicted molar refractivity (Wildman–Crippen MR) is 231 cm³/mol. The van der Waals surface area contributed by atoms with Crippen LogP contribution >= 0.6 is 0 Å². The Balaban J connectivity index is 0.895. The Hall–Kier alpha value is -7.36. The highest BCUT2D eigenvalue weighted by molar-refractivity contribution is 6.23. The van der Waals surface area contributed by atoms with Crippen LogP contribution in [0.1, 0.15) is 0 Å². The summed E-state index contributed by atoms with van der Waals surface area (Å²) in [4.78, 5) is 10.1. The van der Waals surface area contributed by atoms with Crippen LogP contribution in [0.25, 0.3) is 105 Å². The highest BCUT2D eigenvalue weighted by Crippen LogP contribution is 2.37. The fourth-order valence-electron chi connectivity index (χ4n) is 8.33. The first kappa shape index (κ1) is 31.2. The van der Waals surface area contributed by atoms with Crippen LogP contribution in [-0.4, -0.2) is 14.5 Å². The molecule has 0 fully saturated rings. The van der Waals surface area contributed by atoms with Gasteiger partial charge in [0, 0.05) is 32.8 Å². The van der Waals surface area contributed by atoms with Crippen LogP contribution < -0.4 is 0 Å². The van der Waals surface area contributed by atoms with Gasteiger partial charge in [-0.1, -0.05) is 164 Å². The highest BCUT2D eigenvalue weighted by Gasteiger charge is 2.15. The summed E-state index contributed by atoms with van der Waals surface area (Å²) in [6, 6.07) is 69.6. The summed E-state index contributed by atoms with van der Waals surface area (Å²) in [6.07, 6.45) is 1.91. The standard InChI is InChI=1S/C52H33N3/c1-2-13-41(14-3-1)55-49-20-9-8-17-44(49)45-30-29-40(32-50(45)55)39-12-10-11-38(31-39)36-23-21-34(22-24-36)35-25-27-37(28-26-35)48-33-53-51-46-18-6-4-15-42(46)43-16-5-7-19-47(43)52(51)54-48/h1-33H. The molecule has 0 aliphatic heterocycles. The molecule has 11 rings (SSSR count). The Morgan fingerprint density at radius 1 is 0.309 bits per heavy atom. The molecule has 0 saturated heterocycles. The van der Waals surface area contributed by atoms with Crippen LogP contribution in [0.4, 0.5) is 0 Å². The smallest absolute Gasteiger partial charge is 0.0979 e. The van der Waals surface area contributed by atoms with Crippen LogP contribution in [0.3, 0.4) is 0 Å². The van der Waals surface area contributed by atoms with Gasteiger partial charge in [0.05, 0.1) is 34.0 Å². The molecule has 3 heteroatoms. The van der Waals surface area contributed by atoms with E-state index in [0.29, 0.717) is 0 Å². The molecule has 55 heavy (non-hydrogen) atoms. The third-order valence-electron chi connectivity index (χ3n) is 11.0. The molecular weight excluding hydrogens is 667 g/mol. The lowest BCUT2D eigenvalue weighted by atomic mass is 9.96. The zero-order valence-corrected chi connectivity index (χ0v) is 29.9. The number of rotatable bonds is 5. The molecule has 2 aromatic heterocycles. The first-order valence-electron chi connectivity index (χ1n) is 18.7. The molecule has 0 aliphatic carbocycles. The molecule has 0 amide bonds. The molecule has 256 valence electrons. The van der Waals surface area contributed by atoms with Crippen molar-refractivity contribution in [2.45, 2.75) is 0 Å². The van der Waals surface area contributed by atoms with E-state index >= 15 is 0 Å². The Kier molecular flexibility index (Phi) is 7.17. The average Bonchev–Trinajstić information content (AvgIpc) is 3.60. The van der Waals surface area contributed by atoms with Crippen LogP contribution in [0, 0.1) is 0 Å². The van der Waals surface area contributed by atoms with Gasteiger partial charge >= 0.3 is 0 Å². The number of hydrogen-bond donors (Lipinski definition) is 0. The Labute approximate surface area is 318 Å². The fourth-order valence-corrected chi connectivity index (χ4v) is 8.33. The molecule has 9 aromatic carbocycles. The number of aromatic nitrogens is 3. The lowest BCUT2D eigenvalue weighted by Gasteiger charge is -2.11. The maximum absolute atomic E-state index is 5.18. The Morgan fingerprint density at radius 2 is 0.800 bits per heavy atom. The third kappa shape index (κ3) is 5.20. The topological polar surface area (TPSA) is 30.7 Å². The van der Waals surface area contributed by atoms with Gasteiger partial charge in [0.1, 0.15) is 0 Å². The molecule has 0 bridgehead atoms. The van der Waals surface area contributed by atoms with E-state index in [4.69, 9.17) is 9.97 Å². The minimum Gasteiger partial charge on any atom is -0.309 e. The lowest BCUT2D eigenvalue weighted by molar-refractivity contribution is 1.18. The van der Waals surface area contributed by atoms with E-state index in [9.17, 15) is 0 Å². The monoisotopic (exact) mass is 699 g/mol. The van der Waals surface area contributed by atoms with Crippen LogP contribution in [-0.2, 0) is 0 Å². The lowest BCUT2D eigenvalue weighted by Crippen LogP contribution is -1.93. The number of hydrogen-bond acceptors (Lipinski definition) is 2. The molecule has 0 saturated carbocycles. The zero-order valence-electron chi connectivity index (χ0n) is 29.9. The predicted octanol–water partition coefficient (Wildman–Crippen LogP) is 13.7. The second-order valence-corrected chi connectivity index (χ2v) is 14.2. The van der Waals surface area contributed by atoms with Crippen LogP contribution in [0.15, 0.2) is 200 Å². The van der Waals surface area contributed by atoms with E-state index in [1.54, 1.807) is 0 Å². The van der Waals surface area contributed by atoms with E-state index in [1.807, 2.05) is 6.20 Å². The summed E-state index contributed by atoms with van der Waals surface area (Å²) in [7, 11) is 0. The van der Waals surface area contributed by atoms with E-state index in [-0.39, 0.29) is 0 Å². The summed E-state index contributed by atoms with van der Waals surface area (Å²) >= 11 is 0. The minimum atomic E-state index is 0.871. The van der Waals surface area contributed by atoms with Gasteiger partial charge in [-0.15, -0.1) is 0 Å². The van der Waals surface area contributed by atoms with Gasteiger partial charge in [0.2, 0.25) is 0 Å². The fraction of sp³-hybridized carbons (Fsp3) is 0. The SMILES string of the molecule is c1ccc(-n2c3ccccc3c3ccc(-c4cccc(-c5ccc(-c6ccc(-c7cnc8c9ccccc9c9ccccc9c8n7)cc6)cc5)c4)cc32)cc1. The minimum absolute atomic E-state index is 0.871. The van der Waals surface area contributed by atoms with Crippen molar-refractivity contribution < 1.29 is 0 Å². The molecule has 0 atom stereocenters. The Morgan fingerprint density at radius 3 is 1.49 bits per heavy atom. The van der Waals surface area contributed by atoms with Crippen molar-refractivity contribution in [3.63, 3.8) is 0 Å². The number of para-hydroxylation sites is 2. The molecule has 11 aromatic rings. The second kappa shape index (κ2) is 12.6. The number of fused-ring (bicyclic) bond motifs is 9. The van der Waals surface area contributed by atoms with Gasteiger partial charge < -0.3 is 4.57 Å². The Bertz CT molecular complexity index is 3200. The zero-order chi connectivity index (χ0) is 36.3. The molecule has 0 unspecified atom stereocenters. The number of nitrogens with zero attached hydrogens (tertiary/aromatic N) is 3. The van der Waals surface area contributed by atoms with E-state index in [0.717, 1.165) is 38.6 Å². The average molecular weight is 700 g/mol. The number of benzene rings is 9. The van der Waals surface area contributed by atoms with E-state index in [2.05, 4.69) is 199 Å². The molecule has 0 spiro atoms. The van der Waals surface area contributed by atoms with Crippen molar-refractivity contribution >= 4 is 54.4 Å². The molecule has 0 aliphatic rings. The van der Waals surface area contributed by atoms with Crippen molar-refractivity contribution in [3.8, 4) is 50.3 Å². The van der Waals surface area contributed by atoms with Gasteiger partial charge in [-0.2, -0.15) is 0 Å². The highest BCUT2D eigenvalue weighted by atomic mass is 15.0. The van der Waals surface area contributed by atoms with Gasteiger partial charge in [-0.3, -0.25) is 4.98 Å². The van der Waals surface area contributed by atoms with Gasteiger partial charge in [-0.25, -0.2) is 4.98 Å². The van der Waals surface area contributed by atoms with Crippen molar-refractivity contribution in [2.75, 3.05) is 0 Å². The molecule has 3 nitrogen and oxygen atoms in total.